The molecule has 0 unspecified atom stereocenters. The molecule has 4 aromatic rings. The van der Waals surface area contributed by atoms with E-state index < -0.39 is 0 Å². The Morgan fingerprint density at radius 2 is 1.89 bits per heavy atom. The molecular weight excluding hydrogens is 348 g/mol. The summed E-state index contributed by atoms with van der Waals surface area (Å²) in [6, 6.07) is 17.9. The molecule has 0 N–H and O–H groups in total. The van der Waals surface area contributed by atoms with Gasteiger partial charge in [0, 0.05) is 36.9 Å². The molecule has 1 atom stereocenters. The molecule has 5 rings (SSSR count). The molecule has 0 aliphatic carbocycles. The molecule has 3 aromatic heterocycles. The van der Waals surface area contributed by atoms with Gasteiger partial charge in [0.2, 0.25) is 0 Å². The van der Waals surface area contributed by atoms with Gasteiger partial charge in [-0.3, -0.25) is 9.78 Å². The van der Waals surface area contributed by atoms with Crippen LogP contribution < -0.4 is 0 Å². The number of hydrogen-bond acceptors (Lipinski definition) is 3. The number of amides is 1. The highest BCUT2D eigenvalue weighted by molar-refractivity contribution is 5.94. The number of carbonyl (C=O) groups excluding carboxylic acids is 1. The Balaban J connectivity index is 1.46. The van der Waals surface area contributed by atoms with E-state index in [-0.39, 0.29) is 11.9 Å². The minimum atomic E-state index is 0.0585. The Labute approximate surface area is 163 Å². The molecule has 1 amide bonds. The van der Waals surface area contributed by atoms with Crippen LogP contribution in [0.3, 0.4) is 0 Å². The van der Waals surface area contributed by atoms with E-state index in [0.717, 1.165) is 41.9 Å². The maximum absolute atomic E-state index is 13.2. The number of aromatic nitrogens is 3. The van der Waals surface area contributed by atoms with E-state index >= 15 is 0 Å². The zero-order valence-corrected chi connectivity index (χ0v) is 15.4. The van der Waals surface area contributed by atoms with Gasteiger partial charge in [0.15, 0.2) is 0 Å². The van der Waals surface area contributed by atoms with Crippen LogP contribution in [0, 0.1) is 0 Å². The van der Waals surface area contributed by atoms with Gasteiger partial charge >= 0.3 is 0 Å². The van der Waals surface area contributed by atoms with Crippen LogP contribution in [0.25, 0.3) is 16.9 Å². The Bertz CT molecular complexity index is 1120. The number of imidazole rings is 1. The van der Waals surface area contributed by atoms with Crippen molar-refractivity contribution in [2.24, 2.45) is 0 Å². The topological polar surface area (TPSA) is 50.5 Å². The van der Waals surface area contributed by atoms with Crippen molar-refractivity contribution in [2.75, 3.05) is 6.54 Å². The predicted octanol–water partition coefficient (Wildman–Crippen LogP) is 4.37. The van der Waals surface area contributed by atoms with Crippen molar-refractivity contribution >= 4 is 11.6 Å². The third-order valence-corrected chi connectivity index (χ3v) is 5.35. The van der Waals surface area contributed by atoms with Crippen molar-refractivity contribution in [1.82, 2.24) is 19.3 Å². The van der Waals surface area contributed by atoms with Crippen molar-refractivity contribution in [3.63, 3.8) is 0 Å². The highest BCUT2D eigenvalue weighted by Gasteiger charge is 2.30. The quantitative estimate of drug-likeness (QED) is 0.539. The number of benzene rings is 1. The molecule has 4 heterocycles. The van der Waals surface area contributed by atoms with Gasteiger partial charge in [-0.15, -0.1) is 0 Å². The number of carbonyl (C=O) groups is 1. The third-order valence-electron chi connectivity index (χ3n) is 5.35. The number of rotatable bonds is 3. The standard InChI is InChI=1S/C23H20N4O/c28-23(27-13-5-9-21(27)18-8-4-12-24-14-18)19-10-11-22-25-20(16-26(22)15-19)17-6-2-1-3-7-17/h1-4,6-8,10-12,14-16,21H,5,9,13H2/t21-/m0/s1. The van der Waals surface area contributed by atoms with Gasteiger partial charge in [-0.25, -0.2) is 4.98 Å². The summed E-state index contributed by atoms with van der Waals surface area (Å²) >= 11 is 0. The smallest absolute Gasteiger partial charge is 0.255 e. The first-order valence-electron chi connectivity index (χ1n) is 9.55. The fraction of sp³-hybridized carbons (Fsp3) is 0.174. The van der Waals surface area contributed by atoms with Crippen molar-refractivity contribution in [3.8, 4) is 11.3 Å². The van der Waals surface area contributed by atoms with Crippen molar-refractivity contribution in [1.29, 1.82) is 0 Å². The Morgan fingerprint density at radius 3 is 2.71 bits per heavy atom. The lowest BCUT2D eigenvalue weighted by atomic mass is 10.1. The molecule has 0 bridgehead atoms. The molecule has 1 aromatic carbocycles. The SMILES string of the molecule is O=C(c1ccc2nc(-c3ccccc3)cn2c1)N1CCC[C@H]1c1cccnc1. The van der Waals surface area contributed by atoms with Crippen LogP contribution in [0.4, 0.5) is 0 Å². The number of hydrogen-bond donors (Lipinski definition) is 0. The van der Waals surface area contributed by atoms with Crippen LogP contribution in [-0.4, -0.2) is 31.7 Å². The largest absolute Gasteiger partial charge is 0.332 e. The first-order chi connectivity index (χ1) is 13.8. The van der Waals surface area contributed by atoms with Gasteiger partial charge in [0.25, 0.3) is 5.91 Å². The van der Waals surface area contributed by atoms with Crippen LogP contribution in [-0.2, 0) is 0 Å². The van der Waals surface area contributed by atoms with E-state index in [1.165, 1.54) is 0 Å². The van der Waals surface area contributed by atoms with Crippen molar-refractivity contribution < 1.29 is 4.79 Å². The maximum Gasteiger partial charge on any atom is 0.255 e. The van der Waals surface area contributed by atoms with E-state index in [4.69, 9.17) is 0 Å². The monoisotopic (exact) mass is 368 g/mol. The predicted molar refractivity (Wildman–Crippen MR) is 108 cm³/mol. The number of fused-ring (bicyclic) bond motifs is 1. The molecule has 1 saturated heterocycles. The average molecular weight is 368 g/mol. The van der Waals surface area contributed by atoms with E-state index in [9.17, 15) is 4.79 Å². The molecule has 138 valence electrons. The van der Waals surface area contributed by atoms with Crippen molar-refractivity contribution in [3.05, 3.63) is 90.5 Å². The summed E-state index contributed by atoms with van der Waals surface area (Å²) in [4.78, 5) is 24.1. The summed E-state index contributed by atoms with van der Waals surface area (Å²) in [7, 11) is 0. The number of nitrogens with zero attached hydrogens (tertiary/aromatic N) is 4. The summed E-state index contributed by atoms with van der Waals surface area (Å²) in [5, 5.41) is 0. The number of likely N-dealkylation sites (tertiary alicyclic amines) is 1. The average Bonchev–Trinajstić information content (AvgIpc) is 3.41. The molecule has 5 heteroatoms. The van der Waals surface area contributed by atoms with E-state index in [1.54, 1.807) is 6.20 Å². The van der Waals surface area contributed by atoms with Gasteiger partial charge in [0.05, 0.1) is 17.3 Å². The molecule has 1 aliphatic heterocycles. The molecule has 28 heavy (non-hydrogen) atoms. The summed E-state index contributed by atoms with van der Waals surface area (Å²) in [5.41, 5.74) is 4.58. The molecule has 1 fully saturated rings. The molecule has 1 aliphatic rings. The summed E-state index contributed by atoms with van der Waals surface area (Å²) < 4.78 is 1.94. The highest BCUT2D eigenvalue weighted by Crippen LogP contribution is 2.32. The molecule has 0 radical (unpaired) electrons. The highest BCUT2D eigenvalue weighted by atomic mass is 16.2. The fourth-order valence-corrected chi connectivity index (χ4v) is 3.96. The second-order valence-corrected chi connectivity index (χ2v) is 7.12. The second kappa shape index (κ2) is 6.93. The van der Waals surface area contributed by atoms with Gasteiger partial charge in [-0.2, -0.15) is 0 Å². The molecular formula is C23H20N4O. The Kier molecular flexibility index (Phi) is 4.13. The normalized spacial score (nSPS) is 16.6. The minimum absolute atomic E-state index is 0.0585. The summed E-state index contributed by atoms with van der Waals surface area (Å²) in [6.45, 7) is 0.773. The van der Waals surface area contributed by atoms with Gasteiger partial charge in [0.1, 0.15) is 5.65 Å². The van der Waals surface area contributed by atoms with E-state index in [2.05, 4.69) is 16.0 Å². The van der Waals surface area contributed by atoms with Crippen LogP contribution >= 0.6 is 0 Å². The van der Waals surface area contributed by atoms with Gasteiger partial charge < -0.3 is 9.30 Å². The maximum atomic E-state index is 13.2. The van der Waals surface area contributed by atoms with Crippen LogP contribution in [0.15, 0.2) is 79.4 Å². The lowest BCUT2D eigenvalue weighted by Gasteiger charge is -2.25. The lowest BCUT2D eigenvalue weighted by Crippen LogP contribution is -2.30. The van der Waals surface area contributed by atoms with Crippen LogP contribution in [0.5, 0.6) is 0 Å². The van der Waals surface area contributed by atoms with Crippen LogP contribution in [0.2, 0.25) is 0 Å². The first kappa shape index (κ1) is 16.7. The minimum Gasteiger partial charge on any atom is -0.332 e. The third kappa shape index (κ3) is 2.95. The Hall–Kier alpha value is -3.47. The molecule has 5 nitrogen and oxygen atoms in total. The van der Waals surface area contributed by atoms with E-state index in [1.807, 2.05) is 76.4 Å². The van der Waals surface area contributed by atoms with Gasteiger partial charge in [-0.1, -0.05) is 36.4 Å². The first-order valence-corrected chi connectivity index (χ1v) is 9.55. The lowest BCUT2D eigenvalue weighted by molar-refractivity contribution is 0.0735. The van der Waals surface area contributed by atoms with E-state index in [0.29, 0.717) is 5.56 Å². The Morgan fingerprint density at radius 1 is 1.00 bits per heavy atom. The fourth-order valence-electron chi connectivity index (χ4n) is 3.96. The summed E-state index contributed by atoms with van der Waals surface area (Å²) in [5.74, 6) is 0.0585. The zero-order chi connectivity index (χ0) is 18.9. The molecule has 0 spiro atoms. The second-order valence-electron chi connectivity index (χ2n) is 7.12. The van der Waals surface area contributed by atoms with Crippen molar-refractivity contribution in [2.45, 2.75) is 18.9 Å². The molecule has 0 saturated carbocycles. The zero-order valence-electron chi connectivity index (χ0n) is 15.4. The summed E-state index contributed by atoms with van der Waals surface area (Å²) in [6.07, 6.45) is 9.48. The number of pyridine rings is 2. The van der Waals surface area contributed by atoms with Crippen LogP contribution in [0.1, 0.15) is 34.8 Å². The van der Waals surface area contributed by atoms with Gasteiger partial charge in [-0.05, 0) is 36.6 Å².